The van der Waals surface area contributed by atoms with Gasteiger partial charge in [-0.3, -0.25) is 4.79 Å². The standard InChI is InChI=1S/C14H27ClN2O2/c1-3-4-6-12(2)8-10-17(14(19)11-15)13(18)7-5-9-16/h3,12,14,19H,1,4-11,16H2,2H3/t12-,14+/m1/s1. The zero-order valence-corrected chi connectivity index (χ0v) is 12.6. The summed E-state index contributed by atoms with van der Waals surface area (Å²) in [5.41, 5.74) is 5.39. The van der Waals surface area contributed by atoms with Crippen LogP contribution in [-0.2, 0) is 4.79 Å². The molecule has 0 heterocycles. The number of halogens is 1. The smallest absolute Gasteiger partial charge is 0.224 e. The minimum Gasteiger partial charge on any atom is -0.372 e. The van der Waals surface area contributed by atoms with Crippen molar-refractivity contribution in [3.05, 3.63) is 12.7 Å². The van der Waals surface area contributed by atoms with E-state index in [1.54, 1.807) is 0 Å². The second-order valence-corrected chi connectivity index (χ2v) is 5.18. The molecule has 0 saturated carbocycles. The minimum absolute atomic E-state index is 0.0371. The molecule has 0 saturated heterocycles. The van der Waals surface area contributed by atoms with E-state index < -0.39 is 6.23 Å². The topological polar surface area (TPSA) is 66.6 Å². The lowest BCUT2D eigenvalue weighted by Crippen LogP contribution is -2.42. The van der Waals surface area contributed by atoms with Crippen molar-refractivity contribution in [3.8, 4) is 0 Å². The van der Waals surface area contributed by atoms with Gasteiger partial charge < -0.3 is 15.7 Å². The summed E-state index contributed by atoms with van der Waals surface area (Å²) >= 11 is 5.64. The zero-order chi connectivity index (χ0) is 14.7. The van der Waals surface area contributed by atoms with Crippen molar-refractivity contribution in [2.75, 3.05) is 19.0 Å². The predicted octanol–water partition coefficient (Wildman–Crippen LogP) is 2.10. The van der Waals surface area contributed by atoms with Gasteiger partial charge in [-0.05, 0) is 38.1 Å². The van der Waals surface area contributed by atoms with Crippen molar-refractivity contribution in [1.29, 1.82) is 0 Å². The van der Waals surface area contributed by atoms with Crippen molar-refractivity contribution in [3.63, 3.8) is 0 Å². The first-order chi connectivity index (χ1) is 9.06. The molecule has 0 aliphatic carbocycles. The predicted molar refractivity (Wildman–Crippen MR) is 79.9 cm³/mol. The van der Waals surface area contributed by atoms with Crippen molar-refractivity contribution >= 4 is 17.5 Å². The molecule has 2 atom stereocenters. The number of amides is 1. The van der Waals surface area contributed by atoms with Crippen LogP contribution < -0.4 is 5.73 Å². The van der Waals surface area contributed by atoms with Crippen LogP contribution in [0, 0.1) is 5.92 Å². The van der Waals surface area contributed by atoms with Gasteiger partial charge in [-0.2, -0.15) is 0 Å². The van der Waals surface area contributed by atoms with Crippen molar-refractivity contribution in [1.82, 2.24) is 4.90 Å². The van der Waals surface area contributed by atoms with E-state index in [1.807, 2.05) is 6.08 Å². The summed E-state index contributed by atoms with van der Waals surface area (Å²) in [5.74, 6) is 0.454. The Morgan fingerprint density at radius 1 is 1.53 bits per heavy atom. The van der Waals surface area contributed by atoms with Gasteiger partial charge in [0.25, 0.3) is 0 Å². The van der Waals surface area contributed by atoms with Crippen LogP contribution in [-0.4, -0.2) is 41.1 Å². The summed E-state index contributed by atoms with van der Waals surface area (Å²) in [7, 11) is 0. The SMILES string of the molecule is C=CCC[C@@H](C)CCN(C(=O)CCCN)[C@@H](O)CCl. The molecule has 0 bridgehead atoms. The molecular formula is C14H27ClN2O2. The fourth-order valence-electron chi connectivity index (χ4n) is 1.83. The molecule has 0 aromatic rings. The largest absolute Gasteiger partial charge is 0.372 e. The maximum absolute atomic E-state index is 12.0. The van der Waals surface area contributed by atoms with E-state index in [1.165, 1.54) is 4.90 Å². The highest BCUT2D eigenvalue weighted by Gasteiger charge is 2.20. The van der Waals surface area contributed by atoms with Crippen LogP contribution in [0.15, 0.2) is 12.7 Å². The second kappa shape index (κ2) is 11.3. The van der Waals surface area contributed by atoms with Gasteiger partial charge in [0.2, 0.25) is 5.91 Å². The quantitative estimate of drug-likeness (QED) is 0.348. The molecule has 0 spiro atoms. The number of rotatable bonds is 11. The number of allylic oxidation sites excluding steroid dienone is 1. The number of alkyl halides is 1. The Morgan fingerprint density at radius 2 is 2.21 bits per heavy atom. The van der Waals surface area contributed by atoms with Crippen LogP contribution in [0.4, 0.5) is 0 Å². The molecule has 19 heavy (non-hydrogen) atoms. The highest BCUT2D eigenvalue weighted by atomic mass is 35.5. The fourth-order valence-corrected chi connectivity index (χ4v) is 1.99. The molecule has 0 aromatic heterocycles. The van der Waals surface area contributed by atoms with Gasteiger partial charge in [-0.25, -0.2) is 0 Å². The summed E-state index contributed by atoms with van der Waals surface area (Å²) in [6.45, 7) is 6.85. The zero-order valence-electron chi connectivity index (χ0n) is 11.9. The van der Waals surface area contributed by atoms with Crippen LogP contribution in [0.25, 0.3) is 0 Å². The lowest BCUT2D eigenvalue weighted by Gasteiger charge is -2.28. The molecular weight excluding hydrogens is 264 g/mol. The Hall–Kier alpha value is -0.580. The second-order valence-electron chi connectivity index (χ2n) is 4.87. The molecule has 112 valence electrons. The number of carbonyl (C=O) groups is 1. The first kappa shape index (κ1) is 18.4. The van der Waals surface area contributed by atoms with E-state index in [2.05, 4.69) is 13.5 Å². The summed E-state index contributed by atoms with van der Waals surface area (Å²) < 4.78 is 0. The number of nitrogens with two attached hydrogens (primary N) is 1. The van der Waals surface area contributed by atoms with Crippen LogP contribution in [0.5, 0.6) is 0 Å². The molecule has 1 amide bonds. The third-order valence-electron chi connectivity index (χ3n) is 3.14. The Balaban J connectivity index is 4.26. The van der Waals surface area contributed by atoms with Gasteiger partial charge in [-0.15, -0.1) is 18.2 Å². The van der Waals surface area contributed by atoms with Gasteiger partial charge in [0.1, 0.15) is 6.23 Å². The van der Waals surface area contributed by atoms with Gasteiger partial charge in [0, 0.05) is 13.0 Å². The molecule has 5 heteroatoms. The molecule has 0 aromatic carbocycles. The summed E-state index contributed by atoms with van der Waals surface area (Å²) in [4.78, 5) is 13.4. The molecule has 0 rings (SSSR count). The fraction of sp³-hybridized carbons (Fsp3) is 0.786. The lowest BCUT2D eigenvalue weighted by atomic mass is 10.0. The van der Waals surface area contributed by atoms with Crippen molar-refractivity contribution < 1.29 is 9.90 Å². The molecule has 0 aliphatic heterocycles. The average molecular weight is 291 g/mol. The highest BCUT2D eigenvalue weighted by molar-refractivity contribution is 6.18. The monoisotopic (exact) mass is 290 g/mol. The van der Waals surface area contributed by atoms with E-state index >= 15 is 0 Å². The van der Waals surface area contributed by atoms with Crippen LogP contribution in [0.1, 0.15) is 39.0 Å². The van der Waals surface area contributed by atoms with E-state index in [-0.39, 0.29) is 11.8 Å². The molecule has 0 aliphatic rings. The number of hydrogen-bond acceptors (Lipinski definition) is 3. The first-order valence-corrected chi connectivity index (χ1v) is 7.44. The summed E-state index contributed by atoms with van der Waals surface area (Å²) in [6, 6.07) is 0. The van der Waals surface area contributed by atoms with Gasteiger partial charge in [0.05, 0.1) is 5.88 Å². The summed E-state index contributed by atoms with van der Waals surface area (Å²) in [6.07, 6.45) is 4.87. The van der Waals surface area contributed by atoms with Crippen molar-refractivity contribution in [2.45, 2.75) is 45.3 Å². The number of hydrogen-bond donors (Lipinski definition) is 2. The summed E-state index contributed by atoms with van der Waals surface area (Å²) in [5, 5.41) is 9.80. The van der Waals surface area contributed by atoms with Gasteiger partial charge >= 0.3 is 0 Å². The number of aliphatic hydroxyl groups is 1. The Labute approximate surface area is 121 Å². The minimum atomic E-state index is -0.904. The van der Waals surface area contributed by atoms with Gasteiger partial charge in [0.15, 0.2) is 0 Å². The Kier molecular flexibility index (Phi) is 10.9. The molecule has 4 nitrogen and oxygen atoms in total. The lowest BCUT2D eigenvalue weighted by molar-refractivity contribution is -0.140. The van der Waals surface area contributed by atoms with Gasteiger partial charge in [-0.1, -0.05) is 13.0 Å². The molecule has 0 unspecified atom stereocenters. The Morgan fingerprint density at radius 3 is 2.74 bits per heavy atom. The van der Waals surface area contributed by atoms with Crippen LogP contribution >= 0.6 is 11.6 Å². The van der Waals surface area contributed by atoms with E-state index in [0.717, 1.165) is 19.3 Å². The average Bonchev–Trinajstić information content (AvgIpc) is 2.42. The maximum atomic E-state index is 12.0. The maximum Gasteiger partial charge on any atom is 0.224 e. The number of carbonyl (C=O) groups excluding carboxylic acids is 1. The van der Waals surface area contributed by atoms with E-state index in [4.69, 9.17) is 17.3 Å². The molecule has 0 fully saturated rings. The molecule has 0 radical (unpaired) electrons. The first-order valence-electron chi connectivity index (χ1n) is 6.91. The van der Waals surface area contributed by atoms with E-state index in [0.29, 0.717) is 31.8 Å². The number of aliphatic hydroxyl groups excluding tert-OH is 1. The highest BCUT2D eigenvalue weighted by Crippen LogP contribution is 2.13. The van der Waals surface area contributed by atoms with Crippen LogP contribution in [0.2, 0.25) is 0 Å². The van der Waals surface area contributed by atoms with E-state index in [9.17, 15) is 9.90 Å². The Bertz CT molecular complexity index is 262. The molecule has 3 N–H and O–H groups in total. The normalized spacial score (nSPS) is 13.9. The van der Waals surface area contributed by atoms with Crippen LogP contribution in [0.3, 0.4) is 0 Å². The third-order valence-corrected chi connectivity index (χ3v) is 3.42. The third kappa shape index (κ3) is 8.24. The van der Waals surface area contributed by atoms with Crippen molar-refractivity contribution in [2.24, 2.45) is 11.7 Å². The number of nitrogens with zero attached hydrogens (tertiary/aromatic N) is 1.